The van der Waals surface area contributed by atoms with Gasteiger partial charge < -0.3 is 19.9 Å². The van der Waals surface area contributed by atoms with E-state index in [0.29, 0.717) is 6.54 Å². The second-order valence-corrected chi connectivity index (χ2v) is 5.58. The van der Waals surface area contributed by atoms with Crippen LogP contribution in [0.15, 0.2) is 24.5 Å². The molecule has 1 aromatic carbocycles. The SMILES string of the molecule is CN(CC1(CN)COC1)c1ccc2c(c1)ncn2C. The van der Waals surface area contributed by atoms with Gasteiger partial charge in [-0.15, -0.1) is 0 Å². The first kappa shape index (κ1) is 12.4. The molecule has 102 valence electrons. The Hall–Kier alpha value is -1.59. The third-order valence-corrected chi connectivity index (χ3v) is 3.97. The Labute approximate surface area is 113 Å². The third-order valence-electron chi connectivity index (χ3n) is 3.97. The van der Waals surface area contributed by atoms with E-state index in [1.165, 1.54) is 5.69 Å². The number of anilines is 1. The highest BCUT2D eigenvalue weighted by Gasteiger charge is 2.38. The van der Waals surface area contributed by atoms with Gasteiger partial charge in [-0.3, -0.25) is 0 Å². The smallest absolute Gasteiger partial charge is 0.0955 e. The molecule has 2 N–H and O–H groups in total. The van der Waals surface area contributed by atoms with Crippen LogP contribution in [0.3, 0.4) is 0 Å². The van der Waals surface area contributed by atoms with Crippen molar-refractivity contribution in [3.8, 4) is 0 Å². The maximum Gasteiger partial charge on any atom is 0.0955 e. The van der Waals surface area contributed by atoms with E-state index in [1.807, 2.05) is 17.9 Å². The van der Waals surface area contributed by atoms with Crippen molar-refractivity contribution in [3.63, 3.8) is 0 Å². The van der Waals surface area contributed by atoms with Gasteiger partial charge in [-0.05, 0) is 18.2 Å². The van der Waals surface area contributed by atoms with Crippen molar-refractivity contribution >= 4 is 16.7 Å². The molecule has 0 unspecified atom stereocenters. The highest BCUT2D eigenvalue weighted by Crippen LogP contribution is 2.29. The zero-order valence-corrected chi connectivity index (χ0v) is 11.5. The molecule has 0 radical (unpaired) electrons. The summed E-state index contributed by atoms with van der Waals surface area (Å²) in [7, 11) is 4.10. The first-order valence-electron chi connectivity index (χ1n) is 6.54. The number of ether oxygens (including phenoxy) is 1. The Balaban J connectivity index is 1.83. The lowest BCUT2D eigenvalue weighted by molar-refractivity contribution is -0.101. The van der Waals surface area contributed by atoms with Crippen LogP contribution >= 0.6 is 0 Å². The van der Waals surface area contributed by atoms with E-state index in [0.717, 1.165) is 30.8 Å². The van der Waals surface area contributed by atoms with Gasteiger partial charge in [0.1, 0.15) is 0 Å². The third kappa shape index (κ3) is 2.09. The molecule has 2 heterocycles. The predicted molar refractivity (Wildman–Crippen MR) is 76.3 cm³/mol. The molecule has 1 fully saturated rings. The Kier molecular flexibility index (Phi) is 2.95. The van der Waals surface area contributed by atoms with Gasteiger partial charge in [-0.25, -0.2) is 4.98 Å². The van der Waals surface area contributed by atoms with Gasteiger partial charge in [0, 0.05) is 38.3 Å². The van der Waals surface area contributed by atoms with Crippen molar-refractivity contribution < 1.29 is 4.74 Å². The van der Waals surface area contributed by atoms with Gasteiger partial charge in [-0.1, -0.05) is 0 Å². The molecule has 0 amide bonds. The molecular weight excluding hydrogens is 240 g/mol. The Morgan fingerprint density at radius 3 is 2.89 bits per heavy atom. The molecule has 1 saturated heterocycles. The molecule has 0 aliphatic carbocycles. The summed E-state index contributed by atoms with van der Waals surface area (Å²) in [5.74, 6) is 0. The molecular formula is C14H20N4O. The van der Waals surface area contributed by atoms with Crippen LogP contribution in [0.25, 0.3) is 11.0 Å². The van der Waals surface area contributed by atoms with Crippen LogP contribution in [0.5, 0.6) is 0 Å². The van der Waals surface area contributed by atoms with Gasteiger partial charge in [0.15, 0.2) is 0 Å². The minimum atomic E-state index is 0.119. The Bertz CT molecular complexity index is 583. The van der Waals surface area contributed by atoms with Gasteiger partial charge in [0.2, 0.25) is 0 Å². The van der Waals surface area contributed by atoms with Crippen molar-refractivity contribution in [3.05, 3.63) is 24.5 Å². The van der Waals surface area contributed by atoms with E-state index < -0.39 is 0 Å². The second-order valence-electron chi connectivity index (χ2n) is 5.58. The van der Waals surface area contributed by atoms with Crippen molar-refractivity contribution in [2.45, 2.75) is 0 Å². The summed E-state index contributed by atoms with van der Waals surface area (Å²) < 4.78 is 7.35. The number of aryl methyl sites for hydroxylation is 1. The number of nitrogens with two attached hydrogens (primary N) is 1. The molecule has 1 aromatic heterocycles. The second kappa shape index (κ2) is 4.51. The van der Waals surface area contributed by atoms with Gasteiger partial charge in [0.25, 0.3) is 0 Å². The largest absolute Gasteiger partial charge is 0.380 e. The zero-order valence-electron chi connectivity index (χ0n) is 11.5. The standard InChI is InChI=1S/C14H20N4O/c1-17(7-14(6-15)8-19-9-14)11-3-4-13-12(5-11)16-10-18(13)2/h3-5,10H,6-9,15H2,1-2H3. The number of nitrogens with zero attached hydrogens (tertiary/aromatic N) is 3. The number of hydrogen-bond acceptors (Lipinski definition) is 4. The predicted octanol–water partition coefficient (Wildman–Crippen LogP) is 0.985. The molecule has 3 rings (SSSR count). The van der Waals surface area contributed by atoms with Crippen LogP contribution < -0.4 is 10.6 Å². The maximum absolute atomic E-state index is 5.87. The number of rotatable bonds is 4. The minimum absolute atomic E-state index is 0.119. The van der Waals surface area contributed by atoms with E-state index in [2.05, 4.69) is 35.1 Å². The zero-order chi connectivity index (χ0) is 13.5. The molecule has 2 aromatic rings. The lowest BCUT2D eigenvalue weighted by Crippen LogP contribution is -2.54. The van der Waals surface area contributed by atoms with Crippen molar-refractivity contribution in [1.82, 2.24) is 9.55 Å². The normalized spacial score (nSPS) is 17.4. The highest BCUT2D eigenvalue weighted by molar-refractivity contribution is 5.79. The minimum Gasteiger partial charge on any atom is -0.380 e. The molecule has 0 saturated carbocycles. The molecule has 0 spiro atoms. The molecule has 0 bridgehead atoms. The summed E-state index contributed by atoms with van der Waals surface area (Å²) in [5, 5.41) is 0. The number of imidazole rings is 1. The monoisotopic (exact) mass is 260 g/mol. The fraction of sp³-hybridized carbons (Fsp3) is 0.500. The number of hydrogen-bond donors (Lipinski definition) is 1. The van der Waals surface area contributed by atoms with Crippen molar-refractivity contribution in [2.24, 2.45) is 18.2 Å². The van der Waals surface area contributed by atoms with Gasteiger partial charge >= 0.3 is 0 Å². The lowest BCUT2D eigenvalue weighted by atomic mass is 9.85. The Morgan fingerprint density at radius 2 is 2.26 bits per heavy atom. The Morgan fingerprint density at radius 1 is 1.47 bits per heavy atom. The summed E-state index contributed by atoms with van der Waals surface area (Å²) in [6.07, 6.45) is 1.84. The number of aromatic nitrogens is 2. The van der Waals surface area contributed by atoms with Crippen molar-refractivity contribution in [2.75, 3.05) is 38.3 Å². The topological polar surface area (TPSA) is 56.3 Å². The van der Waals surface area contributed by atoms with E-state index in [9.17, 15) is 0 Å². The highest BCUT2D eigenvalue weighted by atomic mass is 16.5. The van der Waals surface area contributed by atoms with Crippen molar-refractivity contribution in [1.29, 1.82) is 0 Å². The van der Waals surface area contributed by atoms with Crippen LogP contribution in [-0.4, -0.2) is 42.9 Å². The fourth-order valence-electron chi connectivity index (χ4n) is 2.62. The molecule has 0 atom stereocenters. The summed E-state index contributed by atoms with van der Waals surface area (Å²) in [6, 6.07) is 6.37. The van der Waals surface area contributed by atoms with Crippen LogP contribution in [0, 0.1) is 5.41 Å². The fourth-order valence-corrected chi connectivity index (χ4v) is 2.62. The number of fused-ring (bicyclic) bond motifs is 1. The molecule has 19 heavy (non-hydrogen) atoms. The average Bonchev–Trinajstić information content (AvgIpc) is 2.75. The number of benzene rings is 1. The lowest BCUT2D eigenvalue weighted by Gasteiger charge is -2.43. The summed E-state index contributed by atoms with van der Waals surface area (Å²) in [4.78, 5) is 6.64. The van der Waals surface area contributed by atoms with E-state index in [-0.39, 0.29) is 5.41 Å². The first-order chi connectivity index (χ1) is 9.13. The maximum atomic E-state index is 5.87. The van der Waals surface area contributed by atoms with Crippen LogP contribution in [0.2, 0.25) is 0 Å². The first-order valence-corrected chi connectivity index (χ1v) is 6.54. The molecule has 1 aliphatic rings. The summed E-state index contributed by atoms with van der Waals surface area (Å²) >= 11 is 0. The van der Waals surface area contributed by atoms with Gasteiger partial charge in [-0.2, -0.15) is 0 Å². The average molecular weight is 260 g/mol. The van der Waals surface area contributed by atoms with Crippen LogP contribution in [0.4, 0.5) is 5.69 Å². The van der Waals surface area contributed by atoms with Crippen LogP contribution in [-0.2, 0) is 11.8 Å². The van der Waals surface area contributed by atoms with E-state index in [1.54, 1.807) is 0 Å². The van der Waals surface area contributed by atoms with Gasteiger partial charge in [0.05, 0.1) is 30.6 Å². The summed E-state index contributed by atoms with van der Waals surface area (Å²) in [5.41, 5.74) is 9.33. The molecule has 5 heteroatoms. The molecule has 5 nitrogen and oxygen atoms in total. The van der Waals surface area contributed by atoms with E-state index >= 15 is 0 Å². The quantitative estimate of drug-likeness (QED) is 0.890. The van der Waals surface area contributed by atoms with E-state index in [4.69, 9.17) is 10.5 Å². The molecule has 1 aliphatic heterocycles. The summed E-state index contributed by atoms with van der Waals surface area (Å²) in [6.45, 7) is 3.12. The van der Waals surface area contributed by atoms with Crippen LogP contribution in [0.1, 0.15) is 0 Å².